The van der Waals surface area contributed by atoms with Crippen molar-refractivity contribution in [1.82, 2.24) is 5.32 Å². The van der Waals surface area contributed by atoms with Crippen molar-refractivity contribution in [2.24, 2.45) is 5.92 Å². The molecule has 2 aliphatic heterocycles. The van der Waals surface area contributed by atoms with E-state index in [-0.39, 0.29) is 0 Å². The first-order chi connectivity index (χ1) is 4.38. The zero-order valence-corrected chi connectivity index (χ0v) is 5.51. The lowest BCUT2D eigenvalue weighted by atomic mass is 9.76. The number of hydrogen-bond acceptors (Lipinski definition) is 2. The second-order valence-corrected chi connectivity index (χ2v) is 3.32. The Balaban J connectivity index is 1.89. The molecule has 1 saturated carbocycles. The first kappa shape index (κ1) is 5.69. The molecule has 3 atom stereocenters. The third-order valence-electron chi connectivity index (χ3n) is 2.53. The van der Waals surface area contributed by atoms with Crippen LogP contribution in [0.2, 0.25) is 0 Å². The molecule has 3 fully saturated rings. The summed E-state index contributed by atoms with van der Waals surface area (Å²) in [4.78, 5) is 0. The van der Waals surface area contributed by atoms with E-state index in [4.69, 9.17) is 5.11 Å². The van der Waals surface area contributed by atoms with Gasteiger partial charge in [-0.1, -0.05) is 0 Å². The van der Waals surface area contributed by atoms with Gasteiger partial charge in [0.1, 0.15) is 0 Å². The summed E-state index contributed by atoms with van der Waals surface area (Å²) in [6.07, 6.45) is 3.76. The Labute approximate surface area is 55.3 Å². The topological polar surface area (TPSA) is 32.3 Å². The van der Waals surface area contributed by atoms with E-state index in [1.54, 1.807) is 0 Å². The van der Waals surface area contributed by atoms with Crippen molar-refractivity contribution in [2.45, 2.75) is 31.3 Å². The standard InChI is InChI=1S/C7H13NO/c9-4-5-1-6-3-7(2-5)8-6/h5-9H,1-4H2/t5?,6-,7+. The minimum Gasteiger partial charge on any atom is -0.396 e. The highest BCUT2D eigenvalue weighted by molar-refractivity contribution is 4.96. The van der Waals surface area contributed by atoms with E-state index < -0.39 is 0 Å². The molecule has 3 rings (SSSR count). The number of hydrogen-bond donors (Lipinski definition) is 2. The van der Waals surface area contributed by atoms with Crippen LogP contribution < -0.4 is 5.32 Å². The van der Waals surface area contributed by atoms with Gasteiger partial charge in [-0.15, -0.1) is 0 Å². The molecule has 2 saturated heterocycles. The average Bonchev–Trinajstić information content (AvgIpc) is 1.87. The van der Waals surface area contributed by atoms with E-state index in [1.807, 2.05) is 0 Å². The molecule has 1 unspecified atom stereocenters. The first-order valence-corrected chi connectivity index (χ1v) is 3.75. The molecule has 52 valence electrons. The van der Waals surface area contributed by atoms with Crippen LogP contribution in [0.1, 0.15) is 19.3 Å². The second kappa shape index (κ2) is 1.96. The number of aliphatic hydroxyl groups is 1. The van der Waals surface area contributed by atoms with E-state index in [9.17, 15) is 0 Å². The van der Waals surface area contributed by atoms with E-state index >= 15 is 0 Å². The number of fused-ring (bicyclic) bond motifs is 2. The molecule has 0 aromatic rings. The normalized spacial score (nSPS) is 48.3. The summed E-state index contributed by atoms with van der Waals surface area (Å²) in [5, 5.41) is 12.2. The molecule has 9 heavy (non-hydrogen) atoms. The monoisotopic (exact) mass is 127 g/mol. The summed E-state index contributed by atoms with van der Waals surface area (Å²) in [5.74, 6) is 0.606. The molecule has 2 N–H and O–H groups in total. The van der Waals surface area contributed by atoms with Gasteiger partial charge in [-0.25, -0.2) is 0 Å². The van der Waals surface area contributed by atoms with Gasteiger partial charge in [-0.05, 0) is 25.2 Å². The van der Waals surface area contributed by atoms with E-state index in [2.05, 4.69) is 5.32 Å². The maximum Gasteiger partial charge on any atom is 0.0460 e. The van der Waals surface area contributed by atoms with Gasteiger partial charge >= 0.3 is 0 Å². The van der Waals surface area contributed by atoms with Crippen LogP contribution >= 0.6 is 0 Å². The van der Waals surface area contributed by atoms with Gasteiger partial charge in [0, 0.05) is 18.7 Å². The molecule has 1 aliphatic carbocycles. The van der Waals surface area contributed by atoms with Crippen LogP contribution in [0, 0.1) is 5.92 Å². The number of piperidine rings is 1. The molecule has 2 bridgehead atoms. The summed E-state index contributed by atoms with van der Waals surface area (Å²) >= 11 is 0. The number of nitrogens with one attached hydrogen (secondary N) is 1. The molecule has 0 radical (unpaired) electrons. The summed E-state index contributed by atoms with van der Waals surface area (Å²) < 4.78 is 0. The highest BCUT2D eigenvalue weighted by atomic mass is 16.3. The van der Waals surface area contributed by atoms with Crippen molar-refractivity contribution in [3.63, 3.8) is 0 Å². The largest absolute Gasteiger partial charge is 0.396 e. The van der Waals surface area contributed by atoms with Crippen molar-refractivity contribution in [1.29, 1.82) is 0 Å². The van der Waals surface area contributed by atoms with Gasteiger partial charge in [-0.3, -0.25) is 0 Å². The SMILES string of the molecule is OCC1C[C@@H]2C[C@H](C1)N2. The summed E-state index contributed by atoms with van der Waals surface area (Å²) in [6.45, 7) is 0.398. The van der Waals surface area contributed by atoms with Gasteiger partial charge in [0.25, 0.3) is 0 Å². The molecule has 2 nitrogen and oxygen atoms in total. The third kappa shape index (κ3) is 0.864. The fourth-order valence-corrected chi connectivity index (χ4v) is 2.03. The third-order valence-corrected chi connectivity index (χ3v) is 2.53. The molecule has 0 aromatic heterocycles. The summed E-state index contributed by atoms with van der Waals surface area (Å²) in [6, 6.07) is 1.50. The van der Waals surface area contributed by atoms with Gasteiger partial charge in [0.15, 0.2) is 0 Å². The number of aliphatic hydroxyl groups excluding tert-OH is 1. The smallest absolute Gasteiger partial charge is 0.0460 e. The summed E-state index contributed by atoms with van der Waals surface area (Å²) in [7, 11) is 0. The molecule has 0 aromatic carbocycles. The lowest BCUT2D eigenvalue weighted by molar-refractivity contribution is 0.0856. The van der Waals surface area contributed by atoms with Crippen LogP contribution in [-0.2, 0) is 0 Å². The van der Waals surface area contributed by atoms with Crippen LogP contribution in [0.4, 0.5) is 0 Å². The molecule has 0 amide bonds. The van der Waals surface area contributed by atoms with Gasteiger partial charge in [0.05, 0.1) is 0 Å². The Bertz CT molecular complexity index is 99.5. The first-order valence-electron chi connectivity index (χ1n) is 3.75. The average molecular weight is 127 g/mol. The lowest BCUT2D eigenvalue weighted by Gasteiger charge is -2.46. The Kier molecular flexibility index (Phi) is 1.24. The Hall–Kier alpha value is -0.0800. The van der Waals surface area contributed by atoms with Crippen LogP contribution in [0.25, 0.3) is 0 Å². The Morgan fingerprint density at radius 3 is 2.11 bits per heavy atom. The zero-order chi connectivity index (χ0) is 6.27. The quantitative estimate of drug-likeness (QED) is 0.524. The Morgan fingerprint density at radius 1 is 1.22 bits per heavy atom. The minimum absolute atomic E-state index is 0.398. The molecular formula is C7H13NO. The van der Waals surface area contributed by atoms with Crippen molar-refractivity contribution < 1.29 is 5.11 Å². The predicted octanol–water partition coefficient (Wildman–Crippen LogP) is 0.119. The molecule has 2 heteroatoms. The van der Waals surface area contributed by atoms with Crippen LogP contribution in [0.5, 0.6) is 0 Å². The molecule has 3 aliphatic rings. The van der Waals surface area contributed by atoms with E-state index in [0.29, 0.717) is 12.5 Å². The van der Waals surface area contributed by atoms with Crippen LogP contribution in [0.15, 0.2) is 0 Å². The zero-order valence-electron chi connectivity index (χ0n) is 5.51. The van der Waals surface area contributed by atoms with Crippen molar-refractivity contribution in [2.75, 3.05) is 6.61 Å². The van der Waals surface area contributed by atoms with Gasteiger partial charge in [-0.2, -0.15) is 0 Å². The van der Waals surface area contributed by atoms with Crippen molar-refractivity contribution in [3.8, 4) is 0 Å². The van der Waals surface area contributed by atoms with Gasteiger partial charge < -0.3 is 10.4 Å². The van der Waals surface area contributed by atoms with Gasteiger partial charge in [0.2, 0.25) is 0 Å². The highest BCUT2D eigenvalue weighted by Gasteiger charge is 2.36. The van der Waals surface area contributed by atoms with E-state index in [0.717, 1.165) is 12.1 Å². The Morgan fingerprint density at radius 2 is 1.78 bits per heavy atom. The lowest BCUT2D eigenvalue weighted by Crippen LogP contribution is -2.58. The van der Waals surface area contributed by atoms with Crippen LogP contribution in [0.3, 0.4) is 0 Å². The fraction of sp³-hybridized carbons (Fsp3) is 1.00. The number of rotatable bonds is 1. The van der Waals surface area contributed by atoms with Crippen molar-refractivity contribution >= 4 is 0 Å². The second-order valence-electron chi connectivity index (χ2n) is 3.32. The fourth-order valence-electron chi connectivity index (χ4n) is 2.03. The highest BCUT2D eigenvalue weighted by Crippen LogP contribution is 2.31. The molecule has 0 spiro atoms. The van der Waals surface area contributed by atoms with Crippen molar-refractivity contribution in [3.05, 3.63) is 0 Å². The van der Waals surface area contributed by atoms with E-state index in [1.165, 1.54) is 19.3 Å². The predicted molar refractivity (Wildman–Crippen MR) is 35.1 cm³/mol. The minimum atomic E-state index is 0.398. The van der Waals surface area contributed by atoms with Crippen LogP contribution in [-0.4, -0.2) is 23.8 Å². The molecular weight excluding hydrogens is 114 g/mol. The maximum atomic E-state index is 8.80. The summed E-state index contributed by atoms with van der Waals surface area (Å²) in [5.41, 5.74) is 0. The molecule has 2 heterocycles. The maximum absolute atomic E-state index is 8.80.